The first-order valence-corrected chi connectivity index (χ1v) is 13.3. The number of aromatic amines is 1. The van der Waals surface area contributed by atoms with Gasteiger partial charge in [0.15, 0.2) is 11.5 Å². The first-order chi connectivity index (χ1) is 17.5. The molecule has 2 bridgehead atoms. The van der Waals surface area contributed by atoms with E-state index in [4.69, 9.17) is 4.74 Å². The molecule has 5 atom stereocenters. The average Bonchev–Trinajstić information content (AvgIpc) is 3.42. The molecule has 8 heteroatoms. The maximum Gasteiger partial charge on any atom is 0.251 e. The number of ether oxygens (including phenoxy) is 1. The number of aromatic hydroxyl groups is 1. The molecule has 1 saturated heterocycles. The van der Waals surface area contributed by atoms with Gasteiger partial charge in [-0.25, -0.2) is 0 Å². The SMILES string of the molecule is Cl.O=C(N[C@H]1CC[C@@]2(O)[C@H]3Cc4ccc(O)c5c4[C@@]2(CCN3CC2CC2)[C@H]1O5)c1ccc2[nH]ccc2c1. The zero-order valence-corrected chi connectivity index (χ0v) is 21.4. The van der Waals surface area contributed by atoms with E-state index in [1.807, 2.05) is 36.5 Å². The van der Waals surface area contributed by atoms with Crippen LogP contribution in [0.15, 0.2) is 42.6 Å². The lowest BCUT2D eigenvalue weighted by molar-refractivity contribution is -0.191. The minimum Gasteiger partial charge on any atom is -0.504 e. The number of likely N-dealkylation sites (tertiary alicyclic amines) is 1. The van der Waals surface area contributed by atoms with E-state index < -0.39 is 17.1 Å². The molecule has 2 aromatic carbocycles. The van der Waals surface area contributed by atoms with Crippen molar-refractivity contribution < 1.29 is 19.7 Å². The number of nitrogens with zero attached hydrogens (tertiary/aromatic N) is 1. The first kappa shape index (κ1) is 23.4. The highest BCUT2D eigenvalue weighted by molar-refractivity contribution is 5.98. The van der Waals surface area contributed by atoms with Crippen LogP contribution >= 0.6 is 12.4 Å². The molecule has 5 aliphatic rings. The van der Waals surface area contributed by atoms with Crippen LogP contribution in [0, 0.1) is 5.92 Å². The Kier molecular flexibility index (Phi) is 4.98. The van der Waals surface area contributed by atoms with E-state index in [-0.39, 0.29) is 36.1 Å². The maximum atomic E-state index is 13.4. The summed E-state index contributed by atoms with van der Waals surface area (Å²) in [6.45, 7) is 1.96. The van der Waals surface area contributed by atoms with Gasteiger partial charge >= 0.3 is 0 Å². The van der Waals surface area contributed by atoms with E-state index in [9.17, 15) is 15.0 Å². The predicted molar refractivity (Wildman–Crippen MR) is 142 cm³/mol. The number of carbonyl (C=O) groups is 1. The number of piperidine rings is 1. The molecule has 3 aromatic rings. The molecule has 1 amide bonds. The van der Waals surface area contributed by atoms with Crippen molar-refractivity contribution in [1.29, 1.82) is 0 Å². The van der Waals surface area contributed by atoms with Crippen LogP contribution < -0.4 is 10.1 Å². The predicted octanol–water partition coefficient (Wildman–Crippen LogP) is 3.66. The lowest BCUT2D eigenvalue weighted by Gasteiger charge is -2.64. The lowest BCUT2D eigenvalue weighted by atomic mass is 9.48. The van der Waals surface area contributed by atoms with Crippen molar-refractivity contribution >= 4 is 29.2 Å². The zero-order valence-electron chi connectivity index (χ0n) is 20.6. The van der Waals surface area contributed by atoms with Crippen LogP contribution in [0.4, 0.5) is 0 Å². The fraction of sp³-hybridized carbons (Fsp3) is 0.483. The number of hydrogen-bond donors (Lipinski definition) is 4. The van der Waals surface area contributed by atoms with Crippen LogP contribution in [0.1, 0.15) is 53.6 Å². The number of H-pyrrole nitrogens is 1. The molecule has 1 spiro atoms. The van der Waals surface area contributed by atoms with E-state index >= 15 is 0 Å². The highest BCUT2D eigenvalue weighted by Crippen LogP contribution is 2.65. The standard InChI is InChI=1S/C29H31N3O4.ClH/c33-22-6-4-18-14-23-29(35)9-7-21(31-27(34)19-3-5-20-17(13-19)8-11-30-20)26-28(29,24(18)25(22)36-26)10-12-32(23)15-16-1-2-16;/h3-6,8,11,13,16,21,23,26,30,33,35H,1-2,7,9-10,12,14-15H2,(H,31,34);1H/t21-,23+,26-,28-,29+;/m0./s1. The largest absolute Gasteiger partial charge is 0.504 e. The lowest BCUT2D eigenvalue weighted by Crippen LogP contribution is -2.78. The van der Waals surface area contributed by atoms with Gasteiger partial charge in [0.2, 0.25) is 0 Å². The van der Waals surface area contributed by atoms with Gasteiger partial charge in [0.25, 0.3) is 5.91 Å². The van der Waals surface area contributed by atoms with E-state index in [0.29, 0.717) is 24.2 Å². The molecule has 1 aromatic heterocycles. The highest BCUT2D eigenvalue weighted by Gasteiger charge is 2.73. The molecule has 194 valence electrons. The Morgan fingerprint density at radius 2 is 2.03 bits per heavy atom. The van der Waals surface area contributed by atoms with Crippen LogP contribution in [0.3, 0.4) is 0 Å². The number of amides is 1. The average molecular weight is 522 g/mol. The fourth-order valence-corrected chi connectivity index (χ4v) is 8.08. The Hall–Kier alpha value is -2.74. The molecular formula is C29H32ClN3O4. The third-order valence-electron chi connectivity index (χ3n) is 9.89. The van der Waals surface area contributed by atoms with Gasteiger partial charge in [-0.3, -0.25) is 9.69 Å². The van der Waals surface area contributed by atoms with Gasteiger partial charge in [0.05, 0.1) is 17.1 Å². The number of hydrogen-bond acceptors (Lipinski definition) is 5. The second-order valence-corrected chi connectivity index (χ2v) is 11.7. The number of rotatable bonds is 4. The van der Waals surface area contributed by atoms with Crippen molar-refractivity contribution in [3.8, 4) is 11.5 Å². The Labute approximate surface area is 221 Å². The molecule has 8 rings (SSSR count). The molecule has 3 aliphatic carbocycles. The Morgan fingerprint density at radius 1 is 1.16 bits per heavy atom. The van der Waals surface area contributed by atoms with E-state index in [1.165, 1.54) is 18.4 Å². The third-order valence-corrected chi connectivity index (χ3v) is 9.89. The number of phenolic OH excluding ortho intramolecular Hbond substituents is 1. The van der Waals surface area contributed by atoms with Crippen molar-refractivity contribution in [2.45, 2.75) is 67.7 Å². The van der Waals surface area contributed by atoms with Crippen molar-refractivity contribution in [2.75, 3.05) is 13.1 Å². The van der Waals surface area contributed by atoms with Gasteiger partial charge in [-0.2, -0.15) is 0 Å². The second-order valence-electron chi connectivity index (χ2n) is 11.7. The monoisotopic (exact) mass is 521 g/mol. The summed E-state index contributed by atoms with van der Waals surface area (Å²) in [6.07, 6.45) is 6.82. The normalized spacial score (nSPS) is 33.4. The molecular weight excluding hydrogens is 490 g/mol. The maximum absolute atomic E-state index is 13.4. The van der Waals surface area contributed by atoms with Gasteiger partial charge in [0, 0.05) is 40.8 Å². The molecule has 7 nitrogen and oxygen atoms in total. The molecule has 2 aliphatic heterocycles. The molecule has 4 N–H and O–H groups in total. The van der Waals surface area contributed by atoms with Gasteiger partial charge in [0.1, 0.15) is 6.10 Å². The van der Waals surface area contributed by atoms with Crippen LogP contribution in [0.25, 0.3) is 10.9 Å². The minimum absolute atomic E-state index is 0. The second kappa shape index (κ2) is 7.88. The quantitative estimate of drug-likeness (QED) is 0.420. The van der Waals surface area contributed by atoms with Crippen molar-refractivity contribution in [2.24, 2.45) is 5.92 Å². The number of phenols is 1. The van der Waals surface area contributed by atoms with E-state index in [1.54, 1.807) is 6.07 Å². The Balaban J connectivity index is 0.00000231. The zero-order chi connectivity index (χ0) is 24.2. The summed E-state index contributed by atoms with van der Waals surface area (Å²) < 4.78 is 6.56. The van der Waals surface area contributed by atoms with Crippen molar-refractivity contribution in [3.05, 3.63) is 59.3 Å². The Bertz CT molecular complexity index is 1420. The number of aliphatic hydroxyl groups is 1. The van der Waals surface area contributed by atoms with E-state index in [0.717, 1.165) is 48.3 Å². The van der Waals surface area contributed by atoms with Crippen molar-refractivity contribution in [1.82, 2.24) is 15.2 Å². The fourth-order valence-electron chi connectivity index (χ4n) is 8.08. The number of halogens is 1. The van der Waals surface area contributed by atoms with Gasteiger partial charge in [-0.1, -0.05) is 6.07 Å². The van der Waals surface area contributed by atoms with Crippen LogP contribution in [0.5, 0.6) is 11.5 Å². The molecule has 3 fully saturated rings. The molecule has 0 radical (unpaired) electrons. The summed E-state index contributed by atoms with van der Waals surface area (Å²) in [4.78, 5) is 19.1. The van der Waals surface area contributed by atoms with Gasteiger partial charge < -0.3 is 25.3 Å². The number of nitrogens with one attached hydrogen (secondary N) is 2. The smallest absolute Gasteiger partial charge is 0.251 e. The summed E-state index contributed by atoms with van der Waals surface area (Å²) in [7, 11) is 0. The van der Waals surface area contributed by atoms with Crippen LogP contribution in [-0.2, 0) is 11.8 Å². The van der Waals surface area contributed by atoms with Gasteiger partial charge in [-0.05, 0) is 86.9 Å². The number of fused-ring (bicyclic) bond motifs is 1. The summed E-state index contributed by atoms with van der Waals surface area (Å²) in [5.41, 5.74) is 2.20. The highest BCUT2D eigenvalue weighted by atomic mass is 35.5. The molecule has 0 unspecified atom stereocenters. The number of carbonyl (C=O) groups excluding carboxylic acids is 1. The molecule has 2 saturated carbocycles. The molecule has 37 heavy (non-hydrogen) atoms. The topological polar surface area (TPSA) is 97.8 Å². The summed E-state index contributed by atoms with van der Waals surface area (Å²) in [5.74, 6) is 1.26. The van der Waals surface area contributed by atoms with Crippen LogP contribution in [-0.4, -0.2) is 62.9 Å². The molecule has 3 heterocycles. The summed E-state index contributed by atoms with van der Waals surface area (Å²) >= 11 is 0. The third kappa shape index (κ3) is 3.05. The van der Waals surface area contributed by atoms with Crippen molar-refractivity contribution in [3.63, 3.8) is 0 Å². The van der Waals surface area contributed by atoms with Crippen LogP contribution in [0.2, 0.25) is 0 Å². The summed E-state index contributed by atoms with van der Waals surface area (Å²) in [5, 5.41) is 27.6. The number of aromatic nitrogens is 1. The Morgan fingerprint density at radius 3 is 2.86 bits per heavy atom. The van der Waals surface area contributed by atoms with E-state index in [2.05, 4.69) is 15.2 Å². The minimum atomic E-state index is -0.942. The summed E-state index contributed by atoms with van der Waals surface area (Å²) in [6, 6.07) is 11.2. The van der Waals surface area contributed by atoms with Gasteiger partial charge in [-0.15, -0.1) is 12.4 Å². The first-order valence-electron chi connectivity index (χ1n) is 13.3. The number of benzene rings is 2.